The van der Waals surface area contributed by atoms with E-state index in [0.717, 1.165) is 0 Å². The molecule has 28 heavy (non-hydrogen) atoms. The van der Waals surface area contributed by atoms with Crippen molar-refractivity contribution < 1.29 is 14.0 Å². The molecule has 2 aromatic carbocycles. The summed E-state index contributed by atoms with van der Waals surface area (Å²) in [6.45, 7) is 4.29. The van der Waals surface area contributed by atoms with Crippen LogP contribution in [0.2, 0.25) is 0 Å². The Morgan fingerprint density at radius 2 is 1.71 bits per heavy atom. The lowest BCUT2D eigenvalue weighted by Gasteiger charge is -2.24. The van der Waals surface area contributed by atoms with E-state index in [2.05, 4.69) is 10.6 Å². The molecule has 2 N–H and O–H groups in total. The third-order valence-corrected chi connectivity index (χ3v) is 4.89. The molecule has 0 spiro atoms. The number of alkyl halides is 1. The number of benzene rings is 2. The number of amides is 3. The van der Waals surface area contributed by atoms with Gasteiger partial charge in [0.25, 0.3) is 0 Å². The van der Waals surface area contributed by atoms with Crippen LogP contribution in [0.15, 0.2) is 54.6 Å². The van der Waals surface area contributed by atoms with Gasteiger partial charge < -0.3 is 10.6 Å². The molecule has 0 aliphatic rings. The summed E-state index contributed by atoms with van der Waals surface area (Å²) in [5.74, 6) is -0.413. The van der Waals surface area contributed by atoms with Gasteiger partial charge in [0.2, 0.25) is 5.91 Å². The van der Waals surface area contributed by atoms with Gasteiger partial charge in [-0.1, -0.05) is 30.3 Å². The second-order valence-corrected chi connectivity index (χ2v) is 7.29. The van der Waals surface area contributed by atoms with Gasteiger partial charge in [0.05, 0.1) is 11.1 Å². The van der Waals surface area contributed by atoms with E-state index in [1.807, 2.05) is 18.2 Å². The number of urea groups is 1. The topological polar surface area (TPSA) is 61.4 Å². The van der Waals surface area contributed by atoms with Crippen LogP contribution in [0.5, 0.6) is 0 Å². The Bertz CT molecular complexity index is 799. The minimum Gasteiger partial charge on any atom is -0.356 e. The number of anilines is 2. The lowest BCUT2D eigenvalue weighted by molar-refractivity contribution is -0.128. The molecule has 0 fully saturated rings. The summed E-state index contributed by atoms with van der Waals surface area (Å²) in [7, 11) is 0. The van der Waals surface area contributed by atoms with Crippen LogP contribution in [0.25, 0.3) is 0 Å². The largest absolute Gasteiger partial charge is 0.356 e. The minimum absolute atomic E-state index is 0.116. The van der Waals surface area contributed by atoms with Gasteiger partial charge in [-0.15, -0.1) is 11.6 Å². The van der Waals surface area contributed by atoms with Gasteiger partial charge in [-0.2, -0.15) is 0 Å². The molecule has 0 aromatic heterocycles. The average molecular weight is 406 g/mol. The van der Waals surface area contributed by atoms with Gasteiger partial charge in [0, 0.05) is 24.7 Å². The van der Waals surface area contributed by atoms with Crippen LogP contribution >= 0.6 is 11.6 Å². The van der Waals surface area contributed by atoms with Crippen molar-refractivity contribution in [1.29, 1.82) is 0 Å². The fraction of sp³-hybridized carbons (Fsp3) is 0.333. The normalized spacial score (nSPS) is 11.0. The molecule has 0 atom stereocenters. The summed E-state index contributed by atoms with van der Waals surface area (Å²) in [6, 6.07) is 14.7. The number of hydrogen-bond acceptors (Lipinski definition) is 2. The molecule has 0 heterocycles. The predicted molar refractivity (Wildman–Crippen MR) is 111 cm³/mol. The molecule has 0 aliphatic carbocycles. The summed E-state index contributed by atoms with van der Waals surface area (Å²) in [5.41, 5.74) is 0.150. The van der Waals surface area contributed by atoms with Crippen molar-refractivity contribution in [3.8, 4) is 0 Å². The van der Waals surface area contributed by atoms with Crippen molar-refractivity contribution in [2.75, 3.05) is 29.2 Å². The van der Waals surface area contributed by atoms with Crippen LogP contribution in [-0.4, -0.2) is 30.9 Å². The lowest BCUT2D eigenvalue weighted by Crippen LogP contribution is -2.41. The molecule has 150 valence electrons. The van der Waals surface area contributed by atoms with E-state index in [-0.39, 0.29) is 17.5 Å². The summed E-state index contributed by atoms with van der Waals surface area (Å²) < 4.78 is 13.9. The number of nitrogens with one attached hydrogen (secondary N) is 2. The maximum atomic E-state index is 13.9. The van der Waals surface area contributed by atoms with Gasteiger partial charge >= 0.3 is 6.03 Å². The maximum absolute atomic E-state index is 13.9. The highest BCUT2D eigenvalue weighted by Crippen LogP contribution is 2.19. The fourth-order valence-corrected chi connectivity index (χ4v) is 2.56. The highest BCUT2D eigenvalue weighted by atomic mass is 35.5. The minimum atomic E-state index is -0.650. The fourth-order valence-electron chi connectivity index (χ4n) is 2.44. The maximum Gasteiger partial charge on any atom is 0.326 e. The van der Waals surface area contributed by atoms with Crippen molar-refractivity contribution in [3.05, 3.63) is 60.4 Å². The van der Waals surface area contributed by atoms with Crippen LogP contribution in [0, 0.1) is 11.2 Å². The predicted octanol–water partition coefficient (Wildman–Crippen LogP) is 4.64. The van der Waals surface area contributed by atoms with Gasteiger partial charge in [0.15, 0.2) is 0 Å². The van der Waals surface area contributed by atoms with Crippen LogP contribution in [0.1, 0.15) is 20.3 Å². The van der Waals surface area contributed by atoms with Gasteiger partial charge in [-0.25, -0.2) is 9.18 Å². The number of carbonyl (C=O) groups excluding carboxylic acids is 2. The highest BCUT2D eigenvalue weighted by molar-refractivity contribution is 6.19. The van der Waals surface area contributed by atoms with E-state index in [9.17, 15) is 14.0 Å². The number of hydrogen-bond donors (Lipinski definition) is 2. The zero-order chi connectivity index (χ0) is 20.6. The van der Waals surface area contributed by atoms with Gasteiger partial charge in [-0.05, 0) is 44.5 Å². The molecule has 2 aromatic rings. The third kappa shape index (κ3) is 5.96. The van der Waals surface area contributed by atoms with E-state index in [4.69, 9.17) is 11.6 Å². The molecule has 0 radical (unpaired) electrons. The molecule has 0 bridgehead atoms. The molecule has 0 saturated carbocycles. The Morgan fingerprint density at radius 1 is 1.07 bits per heavy atom. The smallest absolute Gasteiger partial charge is 0.326 e. The zero-order valence-electron chi connectivity index (χ0n) is 16.0. The number of carbonyl (C=O) groups is 2. The lowest BCUT2D eigenvalue weighted by atomic mass is 9.95. The molecular weight excluding hydrogens is 381 g/mol. The number of para-hydroxylation sites is 2. The van der Waals surface area contributed by atoms with Crippen LogP contribution in [-0.2, 0) is 4.79 Å². The van der Waals surface area contributed by atoms with E-state index >= 15 is 0 Å². The summed E-state index contributed by atoms with van der Waals surface area (Å²) in [6.07, 6.45) is 0.531. The van der Waals surface area contributed by atoms with Crippen molar-refractivity contribution in [2.24, 2.45) is 5.41 Å². The van der Waals surface area contributed by atoms with Crippen molar-refractivity contribution in [3.63, 3.8) is 0 Å². The molecule has 0 unspecified atom stereocenters. The first-order chi connectivity index (χ1) is 13.3. The van der Waals surface area contributed by atoms with E-state index in [1.54, 1.807) is 38.1 Å². The molecule has 0 aliphatic heterocycles. The number of rotatable bonds is 8. The average Bonchev–Trinajstić information content (AvgIpc) is 2.70. The van der Waals surface area contributed by atoms with E-state index in [1.165, 1.54) is 17.0 Å². The number of nitrogens with zero attached hydrogens (tertiary/aromatic N) is 1. The molecule has 0 saturated heterocycles. The Labute approximate surface area is 169 Å². The summed E-state index contributed by atoms with van der Waals surface area (Å²) in [4.78, 5) is 26.4. The van der Waals surface area contributed by atoms with Gasteiger partial charge in [0.1, 0.15) is 5.82 Å². The highest BCUT2D eigenvalue weighted by Gasteiger charge is 2.26. The Morgan fingerprint density at radius 3 is 2.36 bits per heavy atom. The van der Waals surface area contributed by atoms with Gasteiger partial charge in [-0.3, -0.25) is 9.69 Å². The first kappa shape index (κ1) is 21.7. The Hall–Kier alpha value is -2.60. The zero-order valence-corrected chi connectivity index (χ0v) is 16.8. The second-order valence-electron chi connectivity index (χ2n) is 7.02. The van der Waals surface area contributed by atoms with Crippen LogP contribution in [0.3, 0.4) is 0 Å². The van der Waals surface area contributed by atoms with Crippen molar-refractivity contribution in [2.45, 2.75) is 20.3 Å². The molecule has 2 rings (SSSR count). The summed E-state index contributed by atoms with van der Waals surface area (Å²) >= 11 is 5.81. The second kappa shape index (κ2) is 10.1. The number of halogens is 2. The summed E-state index contributed by atoms with van der Waals surface area (Å²) in [5, 5.41) is 5.44. The Kier molecular flexibility index (Phi) is 7.81. The molecule has 5 nitrogen and oxygen atoms in total. The van der Waals surface area contributed by atoms with E-state index in [0.29, 0.717) is 25.2 Å². The standard InChI is InChI=1S/C21H25ClFN3O2/c1-21(2,15-22)19(27)24-13-8-14-26(16-9-4-3-5-10-16)20(28)25-18-12-7-6-11-17(18)23/h3-7,9-12H,8,13-15H2,1-2H3,(H,24,27)(H,25,28). The van der Waals surface area contributed by atoms with Crippen LogP contribution < -0.4 is 15.5 Å². The quantitative estimate of drug-likeness (QED) is 0.496. The Balaban J connectivity index is 2.02. The third-order valence-electron chi connectivity index (χ3n) is 4.22. The first-order valence-corrected chi connectivity index (χ1v) is 9.61. The first-order valence-electron chi connectivity index (χ1n) is 9.07. The molecular formula is C21H25ClFN3O2. The SMILES string of the molecule is CC(C)(CCl)C(=O)NCCCN(C(=O)Nc1ccccc1F)c1ccccc1. The monoisotopic (exact) mass is 405 g/mol. The van der Waals surface area contributed by atoms with Crippen molar-refractivity contribution >= 4 is 34.9 Å². The van der Waals surface area contributed by atoms with Crippen molar-refractivity contribution in [1.82, 2.24) is 5.32 Å². The van der Waals surface area contributed by atoms with Crippen LogP contribution in [0.4, 0.5) is 20.6 Å². The molecule has 3 amide bonds. The molecule has 7 heteroatoms. The van der Waals surface area contributed by atoms with E-state index < -0.39 is 17.3 Å².